The van der Waals surface area contributed by atoms with Gasteiger partial charge in [0.2, 0.25) is 0 Å². The van der Waals surface area contributed by atoms with E-state index < -0.39 is 6.10 Å². The third kappa shape index (κ3) is 6.77. The Kier molecular flexibility index (Phi) is 9.39. The number of rotatable bonds is 12. The highest BCUT2D eigenvalue weighted by Gasteiger charge is 2.14. The zero-order valence-electron chi connectivity index (χ0n) is 19.8. The Morgan fingerprint density at radius 3 is 2.50 bits per heavy atom. The van der Waals surface area contributed by atoms with E-state index in [2.05, 4.69) is 29.6 Å². The summed E-state index contributed by atoms with van der Waals surface area (Å²) >= 11 is 0. The van der Waals surface area contributed by atoms with Gasteiger partial charge in [-0.3, -0.25) is 4.79 Å². The molecule has 0 spiro atoms. The molecule has 3 rings (SSSR count). The molecule has 3 aromatic rings. The van der Waals surface area contributed by atoms with Crippen LogP contribution in [0, 0.1) is 11.3 Å². The van der Waals surface area contributed by atoms with Gasteiger partial charge in [0.15, 0.2) is 5.76 Å². The van der Waals surface area contributed by atoms with Crippen LogP contribution in [0.4, 0.5) is 0 Å². The number of carbonyl (C=O) groups is 1. The zero-order chi connectivity index (χ0) is 24.3. The summed E-state index contributed by atoms with van der Waals surface area (Å²) in [5.41, 5.74) is 3.49. The van der Waals surface area contributed by atoms with Gasteiger partial charge in [0, 0.05) is 35.3 Å². The van der Waals surface area contributed by atoms with E-state index in [-0.39, 0.29) is 12.5 Å². The second-order valence-electron chi connectivity index (χ2n) is 8.32. The van der Waals surface area contributed by atoms with Gasteiger partial charge in [0.1, 0.15) is 12.2 Å². The minimum atomic E-state index is -0.578. The van der Waals surface area contributed by atoms with Gasteiger partial charge in [-0.05, 0) is 30.5 Å². The van der Waals surface area contributed by atoms with Crippen molar-refractivity contribution in [2.24, 2.45) is 0 Å². The van der Waals surface area contributed by atoms with Crippen LogP contribution >= 0.6 is 0 Å². The number of aromatic nitrogens is 1. The normalized spacial score (nSPS) is 11.9. The van der Waals surface area contributed by atoms with Crippen LogP contribution in [0.2, 0.25) is 0 Å². The highest BCUT2D eigenvalue weighted by molar-refractivity contribution is 5.95. The maximum atomic E-state index is 12.1. The third-order valence-electron chi connectivity index (χ3n) is 5.71. The van der Waals surface area contributed by atoms with Crippen molar-refractivity contribution in [1.29, 1.82) is 5.26 Å². The molecule has 7 nitrogen and oxygen atoms in total. The van der Waals surface area contributed by atoms with Crippen LogP contribution in [0.15, 0.2) is 59.1 Å². The van der Waals surface area contributed by atoms with Gasteiger partial charge in [-0.25, -0.2) is 0 Å². The van der Waals surface area contributed by atoms with Crippen molar-refractivity contribution in [2.45, 2.75) is 51.7 Å². The Balaban J connectivity index is 1.66. The number of hydrogen-bond acceptors (Lipinski definition) is 6. The number of nitrogens with zero attached hydrogens (tertiary/aromatic N) is 2. The number of aliphatic hydroxyl groups excluding tert-OH is 1. The molecule has 3 N–H and O–H groups in total. The van der Waals surface area contributed by atoms with Crippen molar-refractivity contribution in [2.75, 3.05) is 13.1 Å². The molecule has 0 bridgehead atoms. The van der Waals surface area contributed by atoms with Crippen molar-refractivity contribution in [1.82, 2.24) is 15.8 Å². The molecule has 1 atom stereocenters. The number of benzene rings is 2. The second kappa shape index (κ2) is 12.7. The van der Waals surface area contributed by atoms with Crippen LogP contribution in [0.5, 0.6) is 0 Å². The molecule has 34 heavy (non-hydrogen) atoms. The summed E-state index contributed by atoms with van der Waals surface area (Å²) < 4.78 is 5.54. The fraction of sp³-hybridized carbons (Fsp3) is 0.370. The van der Waals surface area contributed by atoms with Crippen LogP contribution < -0.4 is 10.6 Å². The zero-order valence-corrected chi connectivity index (χ0v) is 19.8. The number of aliphatic hydroxyl groups is 1. The third-order valence-corrected chi connectivity index (χ3v) is 5.71. The number of nitriles is 1. The van der Waals surface area contributed by atoms with Crippen molar-refractivity contribution in [3.8, 4) is 28.7 Å². The standard InChI is InChI=1S/C27H32N4O3/c1-3-6-23(7-4-2)30-18-25(32)19-10-12-20(13-11-19)26-17-24(31-34-26)21-8-5-9-22(16-21)27(33)29-15-14-28/h5,8-13,16-17,23,25,30,32H,3-4,6-7,15,18H2,1-2H3,(H,29,33). The highest BCUT2D eigenvalue weighted by atomic mass is 16.5. The first-order chi connectivity index (χ1) is 16.5. The fourth-order valence-electron chi connectivity index (χ4n) is 3.90. The lowest BCUT2D eigenvalue weighted by molar-refractivity contribution is 0.0958. The van der Waals surface area contributed by atoms with Gasteiger partial charge < -0.3 is 20.3 Å². The van der Waals surface area contributed by atoms with E-state index in [9.17, 15) is 9.90 Å². The van der Waals surface area contributed by atoms with Crippen LogP contribution in [-0.4, -0.2) is 35.3 Å². The molecule has 0 aliphatic rings. The molecule has 1 aromatic heterocycles. The Bertz CT molecular complexity index is 1100. The quantitative estimate of drug-likeness (QED) is 0.333. The molecule has 0 saturated heterocycles. The van der Waals surface area contributed by atoms with Crippen molar-refractivity contribution in [3.63, 3.8) is 0 Å². The molecule has 0 aliphatic heterocycles. The van der Waals surface area contributed by atoms with Gasteiger partial charge in [0.05, 0.1) is 12.2 Å². The summed E-state index contributed by atoms with van der Waals surface area (Å²) in [7, 11) is 0. The van der Waals surface area contributed by atoms with Gasteiger partial charge in [-0.2, -0.15) is 5.26 Å². The summed E-state index contributed by atoms with van der Waals surface area (Å²) in [6.45, 7) is 4.84. The number of hydrogen-bond donors (Lipinski definition) is 3. The van der Waals surface area contributed by atoms with Gasteiger partial charge in [-0.1, -0.05) is 68.2 Å². The minimum Gasteiger partial charge on any atom is -0.387 e. The average Bonchev–Trinajstić information content (AvgIpc) is 3.36. The predicted octanol–water partition coefficient (Wildman–Crippen LogP) is 4.85. The molecule has 0 saturated carbocycles. The van der Waals surface area contributed by atoms with Crippen LogP contribution in [0.1, 0.15) is 61.6 Å². The SMILES string of the molecule is CCCC(CCC)NCC(O)c1ccc(-c2cc(-c3cccc(C(=O)NCC#N)c3)no2)cc1. The van der Waals surface area contributed by atoms with E-state index in [1.165, 1.54) is 0 Å². The molecule has 1 amide bonds. The van der Waals surface area contributed by atoms with Gasteiger partial charge >= 0.3 is 0 Å². The Hall–Kier alpha value is -3.47. The van der Waals surface area contributed by atoms with E-state index in [1.54, 1.807) is 18.2 Å². The summed E-state index contributed by atoms with van der Waals surface area (Å²) in [6.07, 6.45) is 3.90. The summed E-state index contributed by atoms with van der Waals surface area (Å²) in [5, 5.41) is 29.4. The monoisotopic (exact) mass is 460 g/mol. The van der Waals surface area contributed by atoms with Crippen LogP contribution in [0.3, 0.4) is 0 Å². The highest BCUT2D eigenvalue weighted by Crippen LogP contribution is 2.27. The fourth-order valence-corrected chi connectivity index (χ4v) is 3.90. The largest absolute Gasteiger partial charge is 0.387 e. The molecule has 178 valence electrons. The second-order valence-corrected chi connectivity index (χ2v) is 8.32. The molecule has 0 radical (unpaired) electrons. The lowest BCUT2D eigenvalue weighted by Crippen LogP contribution is -2.32. The maximum Gasteiger partial charge on any atom is 0.252 e. The Morgan fingerprint density at radius 2 is 1.82 bits per heavy atom. The molecule has 2 aromatic carbocycles. The lowest BCUT2D eigenvalue weighted by atomic mass is 10.0. The summed E-state index contributed by atoms with van der Waals surface area (Å²) in [5.74, 6) is 0.283. The summed E-state index contributed by atoms with van der Waals surface area (Å²) in [6, 6.07) is 18.8. The van der Waals surface area contributed by atoms with E-state index in [0.29, 0.717) is 29.6 Å². The lowest BCUT2D eigenvalue weighted by Gasteiger charge is -2.20. The van der Waals surface area contributed by atoms with Gasteiger partial charge in [0.25, 0.3) is 5.91 Å². The predicted molar refractivity (Wildman–Crippen MR) is 132 cm³/mol. The molecule has 0 aliphatic carbocycles. The molecule has 1 heterocycles. The van der Waals surface area contributed by atoms with Crippen molar-refractivity contribution >= 4 is 5.91 Å². The molecular formula is C27H32N4O3. The first-order valence-electron chi connectivity index (χ1n) is 11.8. The van der Waals surface area contributed by atoms with Gasteiger partial charge in [-0.15, -0.1) is 0 Å². The van der Waals surface area contributed by atoms with E-state index in [4.69, 9.17) is 9.78 Å². The number of amides is 1. The molecular weight excluding hydrogens is 428 g/mol. The smallest absolute Gasteiger partial charge is 0.252 e. The van der Waals surface area contributed by atoms with Crippen LogP contribution in [0.25, 0.3) is 22.6 Å². The topological polar surface area (TPSA) is 111 Å². The minimum absolute atomic E-state index is 0.0456. The first kappa shape index (κ1) is 25.2. The van der Waals surface area contributed by atoms with Crippen molar-refractivity contribution in [3.05, 3.63) is 65.7 Å². The Morgan fingerprint density at radius 1 is 1.09 bits per heavy atom. The van der Waals surface area contributed by atoms with Crippen molar-refractivity contribution < 1.29 is 14.4 Å². The first-order valence-corrected chi connectivity index (χ1v) is 11.8. The summed E-state index contributed by atoms with van der Waals surface area (Å²) in [4.78, 5) is 12.1. The maximum absolute atomic E-state index is 12.1. The Labute approximate surface area is 200 Å². The molecule has 1 unspecified atom stereocenters. The average molecular weight is 461 g/mol. The molecule has 7 heteroatoms. The van der Waals surface area contributed by atoms with E-state index in [1.807, 2.05) is 42.5 Å². The van der Waals surface area contributed by atoms with Crippen LogP contribution in [-0.2, 0) is 0 Å². The number of carbonyl (C=O) groups excluding carboxylic acids is 1. The van der Waals surface area contributed by atoms with E-state index >= 15 is 0 Å². The number of nitrogens with one attached hydrogen (secondary N) is 2. The molecule has 0 fully saturated rings. The van der Waals surface area contributed by atoms with E-state index in [0.717, 1.165) is 42.4 Å².